The summed E-state index contributed by atoms with van der Waals surface area (Å²) in [6.45, 7) is 2.00. The van der Waals surface area contributed by atoms with Crippen LogP contribution in [0, 0.1) is 6.67 Å². The number of alkyl halides is 3. The molecule has 6 rings (SSSR count). The molecule has 0 bridgehead atoms. The van der Waals surface area contributed by atoms with Gasteiger partial charge in [-0.15, -0.1) is 0 Å². The number of H-pyrrole nitrogens is 2. The Hall–Kier alpha value is -3.69. The number of nitrogens with one attached hydrogen (secondary N) is 2. The van der Waals surface area contributed by atoms with Gasteiger partial charge in [-0.05, 0) is 62.9 Å². The fourth-order valence-corrected chi connectivity index (χ4v) is 3.42. The number of aromatic nitrogens is 5. The Labute approximate surface area is 243 Å². The van der Waals surface area contributed by atoms with E-state index >= 15 is 0 Å². The first-order chi connectivity index (χ1) is 18.4. The fourth-order valence-electron chi connectivity index (χ4n) is 3.42. The average Bonchev–Trinajstić information content (AvgIpc) is 3.61. The van der Waals surface area contributed by atoms with Crippen LogP contribution in [-0.4, -0.2) is 67.3 Å². The first-order valence-corrected chi connectivity index (χ1v) is 12.7. The second-order valence-corrected chi connectivity index (χ2v) is 9.63. The van der Waals surface area contributed by atoms with Crippen molar-refractivity contribution in [2.45, 2.75) is 5.51 Å². The van der Waals surface area contributed by atoms with Crippen molar-refractivity contribution in [2.24, 2.45) is 0 Å². The monoisotopic (exact) mass is 754 g/mol. The van der Waals surface area contributed by atoms with Crippen LogP contribution in [0.4, 0.5) is 13.2 Å². The van der Waals surface area contributed by atoms with Crippen LogP contribution in [0.3, 0.4) is 0 Å². The zero-order chi connectivity index (χ0) is 28.2. The summed E-state index contributed by atoms with van der Waals surface area (Å²) in [4.78, 5) is 24.6. The molecule has 0 atom stereocenters. The van der Waals surface area contributed by atoms with Gasteiger partial charge in [0, 0.05) is 0 Å². The van der Waals surface area contributed by atoms with Gasteiger partial charge in [0.25, 0.3) is 0 Å². The maximum atomic E-state index is 10.7. The number of hydrogen-bond acceptors (Lipinski definition) is 8. The largest absolute Gasteiger partial charge is 1.00 e. The second kappa shape index (κ2) is 12.7. The number of nitrogens with zero attached hydrogens (tertiary/aromatic N) is 5. The van der Waals surface area contributed by atoms with Crippen molar-refractivity contribution in [3.05, 3.63) is 85.8 Å². The van der Waals surface area contributed by atoms with E-state index in [1.54, 1.807) is 0 Å². The first-order valence-electron chi connectivity index (χ1n) is 11.3. The molecule has 2 aromatic carbocycles. The normalized spacial score (nSPS) is 12.9. The molecule has 0 saturated heterocycles. The number of hydrogen-bond donors (Lipinski definition) is 2. The SMILES string of the molecule is CN1C=CN(C)[CH-]1.O=S(=O)([O-])C(F)(F)F.[Au+].c1cc(-c2nc3ccccc3[nH]2)nc(-c2nc3ccccc3[nH]2)c1. The molecule has 40 heavy (non-hydrogen) atoms. The molecular formula is C25H22AuF3N7O3S-. The van der Waals surface area contributed by atoms with Gasteiger partial charge in [-0.3, -0.25) is 0 Å². The summed E-state index contributed by atoms with van der Waals surface area (Å²) in [6.07, 6.45) is 4.00. The van der Waals surface area contributed by atoms with Crippen LogP contribution >= 0.6 is 0 Å². The molecule has 1 aliphatic heterocycles. The van der Waals surface area contributed by atoms with Crippen LogP contribution in [0.2, 0.25) is 0 Å². The van der Waals surface area contributed by atoms with Gasteiger partial charge in [0.15, 0.2) is 21.8 Å². The molecule has 1 aliphatic rings. The minimum atomic E-state index is -6.09. The van der Waals surface area contributed by atoms with Gasteiger partial charge in [-0.2, -0.15) is 19.8 Å². The third kappa shape index (κ3) is 7.70. The summed E-state index contributed by atoms with van der Waals surface area (Å²) < 4.78 is 58.9. The zero-order valence-electron chi connectivity index (χ0n) is 20.9. The standard InChI is InChI=1S/C19H13N5.C5H9N2.CHF3O3S.Au/c1-2-7-13-12(6-1)21-18(22-13)16-10-5-11-17(20-16)19-23-14-8-3-4-9-15(14)24-19;1-6-3-4-7(2)5-6;2-1(3,4)8(5,6)7;/h1-11H,(H,21,22)(H,23,24);3-5H,1-2H3;(H,5,6,7);/q;-1;;+1/p-1. The van der Waals surface area contributed by atoms with Gasteiger partial charge in [-0.25, -0.2) is 23.4 Å². The number of pyridine rings is 1. The van der Waals surface area contributed by atoms with Crippen molar-refractivity contribution < 1.29 is 48.5 Å². The van der Waals surface area contributed by atoms with Gasteiger partial charge >= 0.3 is 27.9 Å². The Morgan fingerprint density at radius 2 is 1.15 bits per heavy atom. The molecule has 2 N–H and O–H groups in total. The number of para-hydroxylation sites is 4. The summed E-state index contributed by atoms with van der Waals surface area (Å²) in [5.41, 5.74) is -0.181. The molecule has 10 nitrogen and oxygen atoms in total. The minimum Gasteiger partial charge on any atom is -0.741 e. The van der Waals surface area contributed by atoms with Gasteiger partial charge in [0.1, 0.15) is 11.4 Å². The maximum absolute atomic E-state index is 10.7. The van der Waals surface area contributed by atoms with E-state index in [4.69, 9.17) is 18.0 Å². The number of benzene rings is 2. The van der Waals surface area contributed by atoms with Crippen molar-refractivity contribution >= 4 is 32.2 Å². The molecule has 0 fully saturated rings. The quantitative estimate of drug-likeness (QED) is 0.115. The topological polar surface area (TPSA) is 134 Å². The van der Waals surface area contributed by atoms with E-state index in [0.29, 0.717) is 0 Å². The number of imidazole rings is 2. The van der Waals surface area contributed by atoms with E-state index in [2.05, 4.69) is 19.9 Å². The summed E-state index contributed by atoms with van der Waals surface area (Å²) >= 11 is 0. The Morgan fingerprint density at radius 1 is 0.750 bits per heavy atom. The average molecular weight is 755 g/mol. The molecule has 0 saturated carbocycles. The Balaban J connectivity index is 0.000000229. The molecule has 0 unspecified atom stereocenters. The Bertz CT molecular complexity index is 1560. The molecule has 15 heteroatoms. The molecule has 4 heterocycles. The molecule has 0 aliphatic carbocycles. The molecule has 214 valence electrons. The van der Waals surface area contributed by atoms with Crippen LogP contribution in [0.25, 0.3) is 45.1 Å². The minimum absolute atomic E-state index is 0. The number of fused-ring (bicyclic) bond motifs is 2. The van der Waals surface area contributed by atoms with E-state index < -0.39 is 15.6 Å². The van der Waals surface area contributed by atoms with Gasteiger partial charge in [0.05, 0.1) is 22.1 Å². The summed E-state index contributed by atoms with van der Waals surface area (Å²) in [5.74, 6) is 1.52. The van der Waals surface area contributed by atoms with Crippen molar-refractivity contribution in [1.29, 1.82) is 0 Å². The summed E-state index contributed by atoms with van der Waals surface area (Å²) in [5, 5.41) is 0. The van der Waals surface area contributed by atoms with Gasteiger partial charge in [0.2, 0.25) is 0 Å². The zero-order valence-corrected chi connectivity index (χ0v) is 23.9. The number of rotatable bonds is 2. The molecule has 0 amide bonds. The van der Waals surface area contributed by atoms with Crippen LogP contribution in [0.5, 0.6) is 0 Å². The molecule has 5 aromatic rings. The first kappa shape index (κ1) is 30.8. The van der Waals surface area contributed by atoms with E-state index in [9.17, 15) is 13.2 Å². The van der Waals surface area contributed by atoms with Crippen molar-refractivity contribution in [3.8, 4) is 23.0 Å². The Kier molecular flexibility index (Phi) is 9.76. The number of aromatic amines is 2. The molecule has 3 aromatic heterocycles. The molecule has 0 spiro atoms. The van der Waals surface area contributed by atoms with Crippen LogP contribution in [-0.2, 0) is 32.5 Å². The number of halogens is 3. The van der Waals surface area contributed by atoms with E-state index in [-0.39, 0.29) is 22.4 Å². The predicted octanol–water partition coefficient (Wildman–Crippen LogP) is 4.67. The fraction of sp³-hybridized carbons (Fsp3) is 0.120. The third-order valence-electron chi connectivity index (χ3n) is 5.20. The van der Waals surface area contributed by atoms with Crippen molar-refractivity contribution in [1.82, 2.24) is 34.7 Å². The maximum Gasteiger partial charge on any atom is 1.00 e. The summed E-state index contributed by atoms with van der Waals surface area (Å²) in [6, 6.07) is 21.8. The Morgan fingerprint density at radius 3 is 1.48 bits per heavy atom. The predicted molar refractivity (Wildman–Crippen MR) is 139 cm³/mol. The summed E-state index contributed by atoms with van der Waals surface area (Å²) in [7, 11) is -2.09. The van der Waals surface area contributed by atoms with Gasteiger partial charge in [-0.1, -0.05) is 30.3 Å². The van der Waals surface area contributed by atoms with Crippen LogP contribution < -0.4 is 0 Å². The van der Waals surface area contributed by atoms with E-state index in [0.717, 1.165) is 45.1 Å². The van der Waals surface area contributed by atoms with Gasteiger partial charge < -0.3 is 24.3 Å². The van der Waals surface area contributed by atoms with E-state index in [1.807, 2.05) is 110 Å². The molecule has 0 radical (unpaired) electrons. The van der Waals surface area contributed by atoms with Crippen LogP contribution in [0.15, 0.2) is 79.1 Å². The molecular weight excluding hydrogens is 732 g/mol. The third-order valence-corrected chi connectivity index (χ3v) is 5.76. The smallest absolute Gasteiger partial charge is 0.741 e. The van der Waals surface area contributed by atoms with Crippen molar-refractivity contribution in [2.75, 3.05) is 14.1 Å². The van der Waals surface area contributed by atoms with Crippen LogP contribution in [0.1, 0.15) is 0 Å². The van der Waals surface area contributed by atoms with E-state index in [1.165, 1.54) is 0 Å². The van der Waals surface area contributed by atoms with Crippen molar-refractivity contribution in [3.63, 3.8) is 0 Å². The second-order valence-electron chi connectivity index (χ2n) is 8.26.